The molecule has 2 aromatic carbocycles. The molecule has 0 bridgehead atoms. The lowest BCUT2D eigenvalue weighted by atomic mass is 9.87. The van der Waals surface area contributed by atoms with Gasteiger partial charge in [-0.2, -0.15) is 0 Å². The summed E-state index contributed by atoms with van der Waals surface area (Å²) in [4.78, 5) is 28.9. The number of benzene rings is 2. The molecule has 2 aromatic rings. The van der Waals surface area contributed by atoms with Crippen molar-refractivity contribution in [2.45, 2.75) is 26.2 Å². The number of hydrogen-bond acceptors (Lipinski definition) is 4. The first-order valence-electron chi connectivity index (χ1n) is 11.4. The van der Waals surface area contributed by atoms with Crippen molar-refractivity contribution in [3.63, 3.8) is 0 Å². The molecule has 3 N–H and O–H groups in total. The van der Waals surface area contributed by atoms with E-state index in [9.17, 15) is 18.4 Å². The quantitative estimate of drug-likeness (QED) is 0.566. The SMILES string of the molecule is CC(C)C(C(=O)NCCCN1CCN(c2ccccc2C(N)=O)CC1)c1ccc(F)c(F)c1. The van der Waals surface area contributed by atoms with Crippen molar-refractivity contribution in [1.29, 1.82) is 0 Å². The van der Waals surface area contributed by atoms with Crippen LogP contribution >= 0.6 is 0 Å². The molecule has 0 aliphatic carbocycles. The zero-order chi connectivity index (χ0) is 24.0. The minimum Gasteiger partial charge on any atom is -0.368 e. The number of hydrogen-bond donors (Lipinski definition) is 2. The maximum Gasteiger partial charge on any atom is 0.250 e. The maximum atomic E-state index is 13.6. The van der Waals surface area contributed by atoms with E-state index in [-0.39, 0.29) is 11.8 Å². The monoisotopic (exact) mass is 458 g/mol. The Morgan fingerprint density at radius 1 is 1.03 bits per heavy atom. The molecule has 1 heterocycles. The van der Waals surface area contributed by atoms with Crippen LogP contribution in [0.15, 0.2) is 42.5 Å². The summed E-state index contributed by atoms with van der Waals surface area (Å²) < 4.78 is 26.9. The average Bonchev–Trinajstić information content (AvgIpc) is 2.79. The van der Waals surface area contributed by atoms with Gasteiger partial charge in [0.05, 0.1) is 11.5 Å². The third kappa shape index (κ3) is 6.28. The summed E-state index contributed by atoms with van der Waals surface area (Å²) in [5.41, 5.74) is 7.39. The highest BCUT2D eigenvalue weighted by Crippen LogP contribution is 2.26. The number of anilines is 1. The number of amides is 2. The Bertz CT molecular complexity index is 975. The van der Waals surface area contributed by atoms with Gasteiger partial charge in [0, 0.05) is 38.4 Å². The molecule has 1 atom stereocenters. The molecule has 3 rings (SSSR count). The van der Waals surface area contributed by atoms with Crippen molar-refractivity contribution < 1.29 is 18.4 Å². The number of piperazine rings is 1. The van der Waals surface area contributed by atoms with Crippen molar-refractivity contribution in [2.24, 2.45) is 11.7 Å². The first-order valence-corrected chi connectivity index (χ1v) is 11.4. The molecule has 2 amide bonds. The zero-order valence-electron chi connectivity index (χ0n) is 19.2. The van der Waals surface area contributed by atoms with Gasteiger partial charge in [-0.15, -0.1) is 0 Å². The molecule has 33 heavy (non-hydrogen) atoms. The highest BCUT2D eigenvalue weighted by atomic mass is 19.2. The van der Waals surface area contributed by atoms with E-state index in [1.807, 2.05) is 32.0 Å². The van der Waals surface area contributed by atoms with E-state index < -0.39 is 23.5 Å². The van der Waals surface area contributed by atoms with Gasteiger partial charge in [-0.3, -0.25) is 14.5 Å². The Kier molecular flexibility index (Phi) is 8.38. The van der Waals surface area contributed by atoms with E-state index in [1.165, 1.54) is 6.07 Å². The normalized spacial score (nSPS) is 15.5. The Labute approximate surface area is 193 Å². The van der Waals surface area contributed by atoms with Gasteiger partial charge in [0.2, 0.25) is 5.91 Å². The second-order valence-electron chi connectivity index (χ2n) is 8.75. The zero-order valence-corrected chi connectivity index (χ0v) is 19.2. The van der Waals surface area contributed by atoms with Gasteiger partial charge in [-0.25, -0.2) is 8.78 Å². The predicted molar refractivity (Wildman–Crippen MR) is 125 cm³/mol. The summed E-state index contributed by atoms with van der Waals surface area (Å²) in [6.07, 6.45) is 0.784. The number of carbonyl (C=O) groups excluding carboxylic acids is 2. The van der Waals surface area contributed by atoms with E-state index in [1.54, 1.807) is 6.07 Å². The number of nitrogens with one attached hydrogen (secondary N) is 1. The van der Waals surface area contributed by atoms with Crippen LogP contribution in [0.2, 0.25) is 0 Å². The number of para-hydroxylation sites is 1. The molecule has 1 saturated heterocycles. The third-order valence-corrected chi connectivity index (χ3v) is 6.08. The van der Waals surface area contributed by atoms with Crippen molar-refractivity contribution >= 4 is 17.5 Å². The average molecular weight is 459 g/mol. The molecule has 8 heteroatoms. The van der Waals surface area contributed by atoms with Crippen molar-refractivity contribution in [2.75, 3.05) is 44.2 Å². The molecule has 0 spiro atoms. The van der Waals surface area contributed by atoms with Crippen LogP contribution in [0, 0.1) is 17.6 Å². The maximum absolute atomic E-state index is 13.6. The number of rotatable bonds is 9. The van der Waals surface area contributed by atoms with Crippen LogP contribution in [0.4, 0.5) is 14.5 Å². The van der Waals surface area contributed by atoms with Gasteiger partial charge >= 0.3 is 0 Å². The summed E-state index contributed by atoms with van der Waals surface area (Å²) in [5.74, 6) is -3.04. The minimum absolute atomic E-state index is 0.0498. The second-order valence-corrected chi connectivity index (χ2v) is 8.75. The topological polar surface area (TPSA) is 78.7 Å². The smallest absolute Gasteiger partial charge is 0.250 e. The van der Waals surface area contributed by atoms with Crippen LogP contribution in [-0.4, -0.2) is 56.0 Å². The van der Waals surface area contributed by atoms with E-state index in [0.717, 1.165) is 57.0 Å². The Morgan fingerprint density at radius 3 is 2.36 bits per heavy atom. The third-order valence-electron chi connectivity index (χ3n) is 6.08. The lowest BCUT2D eigenvalue weighted by Crippen LogP contribution is -2.47. The molecule has 0 aromatic heterocycles. The molecule has 178 valence electrons. The van der Waals surface area contributed by atoms with Crippen LogP contribution < -0.4 is 16.0 Å². The lowest BCUT2D eigenvalue weighted by Gasteiger charge is -2.36. The number of nitrogens with two attached hydrogens (primary N) is 1. The van der Waals surface area contributed by atoms with Gasteiger partial charge in [-0.05, 0) is 48.7 Å². The largest absolute Gasteiger partial charge is 0.368 e. The first-order chi connectivity index (χ1) is 15.8. The number of carbonyl (C=O) groups is 2. The fourth-order valence-electron chi connectivity index (χ4n) is 4.34. The fraction of sp³-hybridized carbons (Fsp3) is 0.440. The summed E-state index contributed by atoms with van der Waals surface area (Å²) in [7, 11) is 0. The van der Waals surface area contributed by atoms with Crippen molar-refractivity contribution in [1.82, 2.24) is 10.2 Å². The van der Waals surface area contributed by atoms with E-state index >= 15 is 0 Å². The highest BCUT2D eigenvalue weighted by Gasteiger charge is 2.25. The molecule has 1 unspecified atom stereocenters. The van der Waals surface area contributed by atoms with Crippen LogP contribution in [-0.2, 0) is 4.79 Å². The van der Waals surface area contributed by atoms with Gasteiger partial charge in [0.1, 0.15) is 0 Å². The molecule has 0 radical (unpaired) electrons. The summed E-state index contributed by atoms with van der Waals surface area (Å²) in [6, 6.07) is 11.0. The van der Waals surface area contributed by atoms with Gasteiger partial charge in [0.15, 0.2) is 11.6 Å². The fourth-order valence-corrected chi connectivity index (χ4v) is 4.34. The standard InChI is InChI=1S/C25H32F2N4O2/c1-17(2)23(18-8-9-20(26)21(27)16-18)25(33)29-10-5-11-30-12-14-31(15-13-30)22-7-4-3-6-19(22)24(28)32/h3-4,6-9,16-17,23H,5,10-15H2,1-2H3,(H2,28,32)(H,29,33). The lowest BCUT2D eigenvalue weighted by molar-refractivity contribution is -0.123. The minimum atomic E-state index is -0.941. The Morgan fingerprint density at radius 2 is 1.73 bits per heavy atom. The molecular formula is C25H32F2N4O2. The summed E-state index contributed by atoms with van der Waals surface area (Å²) in [6.45, 7) is 8.42. The van der Waals surface area contributed by atoms with Crippen LogP contribution in [0.1, 0.15) is 42.1 Å². The Hall–Kier alpha value is -3.00. The second kappa shape index (κ2) is 11.2. The predicted octanol–water partition coefficient (Wildman–Crippen LogP) is 3.13. The van der Waals surface area contributed by atoms with Crippen molar-refractivity contribution in [3.8, 4) is 0 Å². The molecule has 6 nitrogen and oxygen atoms in total. The van der Waals surface area contributed by atoms with Crippen LogP contribution in [0.25, 0.3) is 0 Å². The van der Waals surface area contributed by atoms with Crippen LogP contribution in [0.5, 0.6) is 0 Å². The molecule has 1 aliphatic heterocycles. The highest BCUT2D eigenvalue weighted by molar-refractivity contribution is 5.98. The molecule has 1 fully saturated rings. The van der Waals surface area contributed by atoms with Gasteiger partial charge < -0.3 is 16.0 Å². The van der Waals surface area contributed by atoms with Crippen molar-refractivity contribution in [3.05, 3.63) is 65.2 Å². The number of primary amides is 1. The first kappa shape index (κ1) is 24.6. The number of halogens is 2. The van der Waals surface area contributed by atoms with E-state index in [0.29, 0.717) is 17.7 Å². The van der Waals surface area contributed by atoms with E-state index in [2.05, 4.69) is 15.1 Å². The number of nitrogens with zero attached hydrogens (tertiary/aromatic N) is 2. The van der Waals surface area contributed by atoms with Crippen LogP contribution in [0.3, 0.4) is 0 Å². The van der Waals surface area contributed by atoms with Gasteiger partial charge in [0.25, 0.3) is 5.91 Å². The van der Waals surface area contributed by atoms with E-state index in [4.69, 9.17) is 5.73 Å². The van der Waals surface area contributed by atoms with Gasteiger partial charge in [-0.1, -0.05) is 32.0 Å². The Balaban J connectivity index is 1.45. The summed E-state index contributed by atoms with van der Waals surface area (Å²) in [5, 5.41) is 2.95. The molecule has 1 aliphatic rings. The molecular weight excluding hydrogens is 426 g/mol. The molecule has 0 saturated carbocycles. The summed E-state index contributed by atoms with van der Waals surface area (Å²) >= 11 is 0.